The van der Waals surface area contributed by atoms with E-state index in [1.807, 2.05) is 19.2 Å². The highest BCUT2D eigenvalue weighted by Crippen LogP contribution is 2.33. The first-order chi connectivity index (χ1) is 13.6. The van der Waals surface area contributed by atoms with Gasteiger partial charge in [-0.1, -0.05) is 12.1 Å². The van der Waals surface area contributed by atoms with Crippen LogP contribution >= 0.6 is 0 Å². The summed E-state index contributed by atoms with van der Waals surface area (Å²) in [5.41, 5.74) is 3.19. The van der Waals surface area contributed by atoms with Gasteiger partial charge in [0.2, 0.25) is 0 Å². The molecule has 5 nitrogen and oxygen atoms in total. The molecule has 1 aliphatic rings. The van der Waals surface area contributed by atoms with Gasteiger partial charge in [-0.2, -0.15) is 0 Å². The van der Waals surface area contributed by atoms with E-state index in [1.54, 1.807) is 0 Å². The van der Waals surface area contributed by atoms with Gasteiger partial charge in [0.25, 0.3) is 0 Å². The summed E-state index contributed by atoms with van der Waals surface area (Å²) in [6.07, 6.45) is 4.01. The van der Waals surface area contributed by atoms with E-state index in [4.69, 9.17) is 0 Å². The first-order valence-electron chi connectivity index (χ1n) is 10.4. The Kier molecular flexibility index (Phi) is 4.82. The molecule has 2 aromatic heterocycles. The molecule has 3 aromatic rings. The van der Waals surface area contributed by atoms with Crippen LogP contribution in [-0.4, -0.2) is 39.3 Å². The van der Waals surface area contributed by atoms with Crippen LogP contribution in [0.15, 0.2) is 42.6 Å². The third-order valence-electron chi connectivity index (χ3n) is 5.99. The number of pyridine rings is 1. The first-order valence-corrected chi connectivity index (χ1v) is 10.4. The average molecular weight is 390 g/mol. The van der Waals surface area contributed by atoms with Crippen molar-refractivity contribution in [1.29, 1.82) is 0 Å². The summed E-state index contributed by atoms with van der Waals surface area (Å²) in [4.78, 5) is 6.69. The molecule has 5 heteroatoms. The number of nitrogens with zero attached hydrogens (tertiary/aromatic N) is 4. The van der Waals surface area contributed by atoms with E-state index in [0.29, 0.717) is 6.04 Å². The fourth-order valence-electron chi connectivity index (χ4n) is 4.87. The van der Waals surface area contributed by atoms with Gasteiger partial charge in [-0.3, -0.25) is 4.98 Å². The second-order valence-corrected chi connectivity index (χ2v) is 9.67. The molecule has 29 heavy (non-hydrogen) atoms. The summed E-state index contributed by atoms with van der Waals surface area (Å²) in [5, 5.41) is 15.2. The molecule has 1 aliphatic heterocycles. The van der Waals surface area contributed by atoms with Crippen molar-refractivity contribution in [3.8, 4) is 11.3 Å². The van der Waals surface area contributed by atoms with Crippen LogP contribution in [0.4, 0.5) is 5.82 Å². The van der Waals surface area contributed by atoms with Crippen molar-refractivity contribution in [3.05, 3.63) is 48.3 Å². The van der Waals surface area contributed by atoms with E-state index in [1.165, 1.54) is 5.39 Å². The number of nitrogens with one attached hydrogen (secondary N) is 1. The van der Waals surface area contributed by atoms with Crippen molar-refractivity contribution in [2.75, 3.05) is 11.9 Å². The van der Waals surface area contributed by atoms with E-state index in [0.717, 1.165) is 41.0 Å². The number of hydrogen-bond acceptors (Lipinski definition) is 5. The maximum Gasteiger partial charge on any atom is 0.151 e. The molecule has 1 fully saturated rings. The molecular formula is C24H31N5. The first kappa shape index (κ1) is 19.8. The van der Waals surface area contributed by atoms with Crippen LogP contribution in [0, 0.1) is 6.92 Å². The molecule has 152 valence electrons. The minimum Gasteiger partial charge on any atom is -0.355 e. The monoisotopic (exact) mass is 389 g/mol. The summed E-state index contributed by atoms with van der Waals surface area (Å²) in [7, 11) is 2.14. The number of hydrogen-bond donors (Lipinski definition) is 1. The molecule has 0 aliphatic carbocycles. The van der Waals surface area contributed by atoms with E-state index in [2.05, 4.69) is 90.5 Å². The quantitative estimate of drug-likeness (QED) is 0.701. The molecule has 0 radical (unpaired) electrons. The molecule has 3 heterocycles. The van der Waals surface area contributed by atoms with E-state index < -0.39 is 0 Å². The molecule has 0 bridgehead atoms. The van der Waals surface area contributed by atoms with Gasteiger partial charge >= 0.3 is 0 Å². The molecule has 1 N–H and O–H groups in total. The maximum absolute atomic E-state index is 4.57. The minimum atomic E-state index is 0.102. The Bertz CT molecular complexity index is 1010. The van der Waals surface area contributed by atoms with Crippen molar-refractivity contribution in [2.24, 2.45) is 0 Å². The van der Waals surface area contributed by atoms with Crippen molar-refractivity contribution >= 4 is 16.6 Å². The van der Waals surface area contributed by atoms with E-state index in [-0.39, 0.29) is 11.1 Å². The zero-order chi connectivity index (χ0) is 20.8. The number of fused-ring (bicyclic) bond motifs is 1. The van der Waals surface area contributed by atoms with Gasteiger partial charge in [0.05, 0.1) is 5.69 Å². The molecular weight excluding hydrogens is 358 g/mol. The molecule has 1 aromatic carbocycles. The van der Waals surface area contributed by atoms with Crippen LogP contribution in [-0.2, 0) is 0 Å². The number of benzene rings is 1. The van der Waals surface area contributed by atoms with Crippen LogP contribution < -0.4 is 10.2 Å². The zero-order valence-corrected chi connectivity index (χ0v) is 18.3. The minimum absolute atomic E-state index is 0.102. The van der Waals surface area contributed by atoms with Gasteiger partial charge in [-0.15, -0.1) is 10.2 Å². The van der Waals surface area contributed by atoms with Gasteiger partial charge in [0.15, 0.2) is 5.82 Å². The predicted octanol–water partition coefficient (Wildman–Crippen LogP) is 4.75. The van der Waals surface area contributed by atoms with Crippen molar-refractivity contribution < 1.29 is 0 Å². The standard InChI is InChI=1S/C24H31N5/c1-16-20-13-18(8-7-17(20)11-12-25-16)21-9-10-22(27-26-21)29(6)19-14-23(2,3)28-24(4,5)15-19/h7-13,19,28H,14-15H2,1-6H3. The maximum atomic E-state index is 4.57. The Morgan fingerprint density at radius 2 is 1.69 bits per heavy atom. The van der Waals surface area contributed by atoms with Crippen LogP contribution in [0.25, 0.3) is 22.0 Å². The van der Waals surface area contributed by atoms with E-state index in [9.17, 15) is 0 Å². The van der Waals surface area contributed by atoms with Crippen molar-refractivity contribution in [3.63, 3.8) is 0 Å². The smallest absolute Gasteiger partial charge is 0.151 e. The lowest BCUT2D eigenvalue weighted by Gasteiger charge is -2.49. The Morgan fingerprint density at radius 1 is 0.966 bits per heavy atom. The fraction of sp³-hybridized carbons (Fsp3) is 0.458. The van der Waals surface area contributed by atoms with Gasteiger partial charge in [-0.25, -0.2) is 0 Å². The molecule has 0 atom stereocenters. The van der Waals surface area contributed by atoms with Crippen molar-refractivity contribution in [2.45, 2.75) is 64.6 Å². The highest BCUT2D eigenvalue weighted by molar-refractivity contribution is 5.88. The van der Waals surface area contributed by atoms with Gasteiger partial charge < -0.3 is 10.2 Å². The van der Waals surface area contributed by atoms with Gasteiger partial charge in [0.1, 0.15) is 0 Å². The SMILES string of the molecule is Cc1nccc2ccc(-c3ccc(N(C)C4CC(C)(C)NC(C)(C)C4)nn3)cc12. The predicted molar refractivity (Wildman–Crippen MR) is 120 cm³/mol. The lowest BCUT2D eigenvalue weighted by atomic mass is 9.79. The largest absolute Gasteiger partial charge is 0.355 e. The van der Waals surface area contributed by atoms with Crippen LogP contribution in [0.5, 0.6) is 0 Å². The average Bonchev–Trinajstić information content (AvgIpc) is 2.65. The van der Waals surface area contributed by atoms with Gasteiger partial charge in [0, 0.05) is 47.0 Å². The third kappa shape index (κ3) is 4.10. The number of rotatable bonds is 3. The fourth-order valence-corrected chi connectivity index (χ4v) is 4.87. The second kappa shape index (κ2) is 7.06. The summed E-state index contributed by atoms with van der Waals surface area (Å²) >= 11 is 0. The van der Waals surface area contributed by atoms with Crippen LogP contribution in [0.1, 0.15) is 46.2 Å². The molecule has 1 saturated heterocycles. The molecule has 0 amide bonds. The summed E-state index contributed by atoms with van der Waals surface area (Å²) in [5.74, 6) is 0.922. The van der Waals surface area contributed by atoms with Crippen LogP contribution in [0.2, 0.25) is 0 Å². The Balaban J connectivity index is 1.58. The van der Waals surface area contributed by atoms with E-state index >= 15 is 0 Å². The molecule has 0 unspecified atom stereocenters. The molecule has 4 rings (SSSR count). The normalized spacial score (nSPS) is 18.7. The second-order valence-electron chi connectivity index (χ2n) is 9.67. The number of aryl methyl sites for hydroxylation is 1. The lowest BCUT2D eigenvalue weighted by Crippen LogP contribution is -2.62. The van der Waals surface area contributed by atoms with Gasteiger partial charge in [-0.05, 0) is 77.1 Å². The lowest BCUT2D eigenvalue weighted by molar-refractivity contribution is 0.160. The number of anilines is 1. The topological polar surface area (TPSA) is 53.9 Å². The number of piperidine rings is 1. The number of aromatic nitrogens is 3. The Labute approximate surface area is 173 Å². The molecule has 0 saturated carbocycles. The van der Waals surface area contributed by atoms with Crippen molar-refractivity contribution in [1.82, 2.24) is 20.5 Å². The Hall–Kier alpha value is -2.53. The third-order valence-corrected chi connectivity index (χ3v) is 5.99. The summed E-state index contributed by atoms with van der Waals surface area (Å²) < 4.78 is 0. The summed E-state index contributed by atoms with van der Waals surface area (Å²) in [6, 6.07) is 13.0. The zero-order valence-electron chi connectivity index (χ0n) is 18.3. The highest BCUT2D eigenvalue weighted by atomic mass is 15.3. The Morgan fingerprint density at radius 3 is 2.34 bits per heavy atom. The van der Waals surface area contributed by atoms with Crippen LogP contribution in [0.3, 0.4) is 0 Å². The highest BCUT2D eigenvalue weighted by Gasteiger charge is 2.39. The summed E-state index contributed by atoms with van der Waals surface area (Å²) in [6.45, 7) is 11.2. The molecule has 0 spiro atoms.